The fourth-order valence-electron chi connectivity index (χ4n) is 3.22. The van der Waals surface area contributed by atoms with Crippen LogP contribution in [0.25, 0.3) is 0 Å². The highest BCUT2D eigenvalue weighted by Crippen LogP contribution is 2.35. The number of hydrogen-bond acceptors (Lipinski definition) is 2. The Hall–Kier alpha value is -2.48. The molecule has 2 rings (SSSR count). The second kappa shape index (κ2) is 8.57. The molecular weight excluding hydrogens is 308 g/mol. The van der Waals surface area contributed by atoms with Crippen LogP contribution in [0.1, 0.15) is 48.4 Å². The zero-order valence-corrected chi connectivity index (χ0v) is 15.2. The Morgan fingerprint density at radius 3 is 1.64 bits per heavy atom. The van der Waals surface area contributed by atoms with E-state index in [-0.39, 0.29) is 5.92 Å². The lowest BCUT2D eigenvalue weighted by Crippen LogP contribution is -2.06. The third-order valence-electron chi connectivity index (χ3n) is 4.45. The lowest BCUT2D eigenvalue weighted by atomic mass is 9.83. The van der Waals surface area contributed by atoms with E-state index in [2.05, 4.69) is 39.1 Å². The van der Waals surface area contributed by atoms with E-state index in [9.17, 15) is 10.2 Å². The van der Waals surface area contributed by atoms with Crippen molar-refractivity contribution in [3.8, 4) is 11.5 Å². The maximum absolute atomic E-state index is 10.1. The molecule has 2 nitrogen and oxygen atoms in total. The molecule has 0 fully saturated rings. The first-order valence-corrected chi connectivity index (χ1v) is 8.81. The van der Waals surface area contributed by atoms with Gasteiger partial charge in [-0.2, -0.15) is 0 Å². The lowest BCUT2D eigenvalue weighted by molar-refractivity contribution is 0.468. The Labute approximate surface area is 151 Å². The lowest BCUT2D eigenvalue weighted by Gasteiger charge is -2.22. The Balaban J connectivity index is 2.49. The second-order valence-electron chi connectivity index (χ2n) is 6.94. The Bertz CT molecular complexity index is 684. The van der Waals surface area contributed by atoms with Gasteiger partial charge in [0.05, 0.1) is 0 Å². The minimum absolute atomic E-state index is 0.216. The van der Waals surface area contributed by atoms with Crippen molar-refractivity contribution >= 4 is 0 Å². The molecule has 0 amide bonds. The average molecular weight is 336 g/mol. The van der Waals surface area contributed by atoms with Gasteiger partial charge < -0.3 is 10.2 Å². The molecule has 0 aromatic heterocycles. The van der Waals surface area contributed by atoms with Gasteiger partial charge in [-0.1, -0.05) is 50.3 Å². The maximum Gasteiger partial charge on any atom is 0.119 e. The topological polar surface area (TPSA) is 40.5 Å². The van der Waals surface area contributed by atoms with Crippen molar-refractivity contribution in [2.75, 3.05) is 0 Å². The summed E-state index contributed by atoms with van der Waals surface area (Å²) in [6.07, 6.45) is 5.89. The highest BCUT2D eigenvalue weighted by Gasteiger charge is 2.18. The maximum atomic E-state index is 10.1. The van der Waals surface area contributed by atoms with Crippen LogP contribution in [0.5, 0.6) is 11.5 Å². The number of hydrogen-bond donors (Lipinski definition) is 2. The zero-order valence-electron chi connectivity index (χ0n) is 15.2. The molecule has 0 spiro atoms. The quantitative estimate of drug-likeness (QED) is 0.604. The number of benzene rings is 2. The summed E-state index contributed by atoms with van der Waals surface area (Å²) in [5.74, 6) is 1.36. The fraction of sp³-hybridized carbons (Fsp3) is 0.304. The SMILES string of the molecule is C=CCc1cc(C(CC(C)C)c2ccc(O)c(CC=C)c2)ccc1O. The standard InChI is InChI=1S/C23H28O2/c1-5-7-19-14-17(9-11-22(19)24)21(13-16(3)4)18-10-12-23(25)20(15-18)8-6-2/h5-6,9-12,14-16,21,24-25H,1-2,7-8,13H2,3-4H3. The van der Waals surface area contributed by atoms with Gasteiger partial charge >= 0.3 is 0 Å². The van der Waals surface area contributed by atoms with Crippen LogP contribution in [0.15, 0.2) is 61.7 Å². The summed E-state index contributed by atoms with van der Waals surface area (Å²) >= 11 is 0. The van der Waals surface area contributed by atoms with E-state index in [4.69, 9.17) is 0 Å². The van der Waals surface area contributed by atoms with E-state index in [1.165, 1.54) is 11.1 Å². The van der Waals surface area contributed by atoms with Gasteiger partial charge in [0.2, 0.25) is 0 Å². The molecule has 132 valence electrons. The fourth-order valence-corrected chi connectivity index (χ4v) is 3.22. The molecule has 2 heteroatoms. The molecule has 0 aliphatic carbocycles. The number of phenols is 2. The summed E-state index contributed by atoms with van der Waals surface area (Å²) in [6.45, 7) is 12.0. The molecule has 2 N–H and O–H groups in total. The minimum Gasteiger partial charge on any atom is -0.508 e. The van der Waals surface area contributed by atoms with Gasteiger partial charge in [-0.15, -0.1) is 13.2 Å². The first kappa shape index (κ1) is 18.9. The van der Waals surface area contributed by atoms with Gasteiger partial charge in [0.25, 0.3) is 0 Å². The van der Waals surface area contributed by atoms with Gasteiger partial charge in [-0.25, -0.2) is 0 Å². The number of allylic oxidation sites excluding steroid dienone is 2. The zero-order chi connectivity index (χ0) is 18.4. The second-order valence-corrected chi connectivity index (χ2v) is 6.94. The van der Waals surface area contributed by atoms with Crippen LogP contribution in [-0.4, -0.2) is 10.2 Å². The number of aromatic hydroxyl groups is 2. The van der Waals surface area contributed by atoms with E-state index in [1.54, 1.807) is 24.3 Å². The smallest absolute Gasteiger partial charge is 0.119 e. The van der Waals surface area contributed by atoms with Crippen LogP contribution in [0, 0.1) is 5.92 Å². The van der Waals surface area contributed by atoms with E-state index >= 15 is 0 Å². The molecule has 0 atom stereocenters. The third-order valence-corrected chi connectivity index (χ3v) is 4.45. The van der Waals surface area contributed by atoms with Crippen LogP contribution in [-0.2, 0) is 12.8 Å². The van der Waals surface area contributed by atoms with Crippen LogP contribution in [0.4, 0.5) is 0 Å². The average Bonchev–Trinajstić information content (AvgIpc) is 2.57. The molecule has 2 aromatic rings. The van der Waals surface area contributed by atoms with Gasteiger partial charge in [0.1, 0.15) is 11.5 Å². The highest BCUT2D eigenvalue weighted by atomic mass is 16.3. The molecule has 0 aliphatic rings. The largest absolute Gasteiger partial charge is 0.508 e. The van der Waals surface area contributed by atoms with Gasteiger partial charge in [0, 0.05) is 5.92 Å². The summed E-state index contributed by atoms with van der Waals surface area (Å²) < 4.78 is 0. The van der Waals surface area contributed by atoms with E-state index in [1.807, 2.05) is 12.1 Å². The van der Waals surface area contributed by atoms with Crippen LogP contribution in [0.2, 0.25) is 0 Å². The summed E-state index contributed by atoms with van der Waals surface area (Å²) in [5.41, 5.74) is 4.15. The predicted octanol–water partition coefficient (Wildman–Crippen LogP) is 5.73. The van der Waals surface area contributed by atoms with Crippen molar-refractivity contribution in [2.24, 2.45) is 5.92 Å². The molecule has 0 heterocycles. The van der Waals surface area contributed by atoms with Crippen LogP contribution >= 0.6 is 0 Å². The molecule has 0 unspecified atom stereocenters. The molecule has 0 aliphatic heterocycles. The van der Waals surface area contributed by atoms with E-state index in [0.717, 1.165) is 17.5 Å². The molecule has 2 aromatic carbocycles. The van der Waals surface area contributed by atoms with Gasteiger partial charge in [-0.3, -0.25) is 0 Å². The minimum atomic E-state index is 0.216. The Morgan fingerprint density at radius 2 is 1.28 bits per heavy atom. The predicted molar refractivity (Wildman–Crippen MR) is 105 cm³/mol. The van der Waals surface area contributed by atoms with Crippen molar-refractivity contribution in [1.29, 1.82) is 0 Å². The summed E-state index contributed by atoms with van der Waals surface area (Å²) in [7, 11) is 0. The van der Waals surface area contributed by atoms with Crippen molar-refractivity contribution < 1.29 is 10.2 Å². The van der Waals surface area contributed by atoms with Crippen molar-refractivity contribution in [1.82, 2.24) is 0 Å². The molecular formula is C23H28O2. The van der Waals surface area contributed by atoms with Gasteiger partial charge in [0.15, 0.2) is 0 Å². The first-order valence-electron chi connectivity index (χ1n) is 8.81. The van der Waals surface area contributed by atoms with Gasteiger partial charge in [-0.05, 0) is 59.6 Å². The Morgan fingerprint density at radius 1 is 0.840 bits per heavy atom. The first-order chi connectivity index (χ1) is 12.0. The van der Waals surface area contributed by atoms with Crippen molar-refractivity contribution in [3.63, 3.8) is 0 Å². The van der Waals surface area contributed by atoms with E-state index in [0.29, 0.717) is 30.3 Å². The van der Waals surface area contributed by atoms with Crippen LogP contribution in [0.3, 0.4) is 0 Å². The molecule has 0 bridgehead atoms. The third kappa shape index (κ3) is 4.76. The molecule has 0 saturated heterocycles. The van der Waals surface area contributed by atoms with Crippen LogP contribution < -0.4 is 0 Å². The van der Waals surface area contributed by atoms with Crippen molar-refractivity contribution in [3.05, 3.63) is 84.0 Å². The summed E-state index contributed by atoms with van der Waals surface area (Å²) in [6, 6.07) is 11.7. The Kier molecular flexibility index (Phi) is 6.46. The monoisotopic (exact) mass is 336 g/mol. The summed E-state index contributed by atoms with van der Waals surface area (Å²) in [5, 5.41) is 20.1. The molecule has 0 radical (unpaired) electrons. The number of rotatable bonds is 8. The summed E-state index contributed by atoms with van der Waals surface area (Å²) in [4.78, 5) is 0. The highest BCUT2D eigenvalue weighted by molar-refractivity contribution is 5.45. The molecule has 25 heavy (non-hydrogen) atoms. The van der Waals surface area contributed by atoms with Crippen molar-refractivity contribution in [2.45, 2.75) is 39.0 Å². The van der Waals surface area contributed by atoms with E-state index < -0.39 is 0 Å². The molecule has 0 saturated carbocycles. The number of phenolic OH excluding ortho intramolecular Hbond substituents is 2. The normalized spacial score (nSPS) is 11.0.